The van der Waals surface area contributed by atoms with E-state index in [9.17, 15) is 9.59 Å². The molecule has 0 saturated carbocycles. The topological polar surface area (TPSA) is 83.8 Å². The minimum atomic E-state index is -1.65. The molecule has 0 bridgehead atoms. The van der Waals surface area contributed by atoms with E-state index in [1.807, 2.05) is 0 Å². The lowest BCUT2D eigenvalue weighted by molar-refractivity contribution is -0.165. The van der Waals surface area contributed by atoms with Crippen molar-refractivity contribution in [1.82, 2.24) is 0 Å². The van der Waals surface area contributed by atoms with Gasteiger partial charge in [-0.2, -0.15) is 0 Å². The fourth-order valence-electron chi connectivity index (χ4n) is 0.359. The number of ether oxygens (including phenoxy) is 1. The van der Waals surface area contributed by atoms with Crippen LogP contribution in [0.4, 0.5) is 0 Å². The average molecular weight is 244 g/mol. The van der Waals surface area contributed by atoms with Crippen LogP contribution in [0.15, 0.2) is 0 Å². The maximum atomic E-state index is 10.7. The number of aliphatic hydroxyl groups is 2. The van der Waals surface area contributed by atoms with Gasteiger partial charge in [0.15, 0.2) is 6.10 Å². The van der Waals surface area contributed by atoms with Gasteiger partial charge in [0.05, 0.1) is 6.61 Å². The number of thiol groups is 1. The molecule has 0 amide bonds. The predicted octanol–water partition coefficient (Wildman–Crippen LogP) is -0.364. The van der Waals surface area contributed by atoms with Crippen LogP contribution in [-0.2, 0) is 14.3 Å². The molecule has 0 aromatic rings. The molecule has 8 heteroatoms. The fraction of sp³-hybridized carbons (Fsp3) is 0.600. The van der Waals surface area contributed by atoms with Crippen LogP contribution in [0.25, 0.3) is 0 Å². The highest BCUT2D eigenvalue weighted by Crippen LogP contribution is 2.24. The van der Waals surface area contributed by atoms with Gasteiger partial charge in [-0.3, -0.25) is 4.79 Å². The predicted molar refractivity (Wildman–Crippen MR) is 53.2 cm³/mol. The molecular weight excluding hydrogens is 236 g/mol. The van der Waals surface area contributed by atoms with Gasteiger partial charge in [0, 0.05) is 0 Å². The zero-order valence-corrected chi connectivity index (χ0v) is 8.90. The lowest BCUT2D eigenvalue weighted by Crippen LogP contribution is -2.29. The summed E-state index contributed by atoms with van der Waals surface area (Å²) < 4.78 is 4.15. The Morgan fingerprint density at radius 1 is 1.54 bits per heavy atom. The highest BCUT2D eigenvalue weighted by Gasteiger charge is 2.18. The van der Waals surface area contributed by atoms with Gasteiger partial charge in [-0.05, 0) is 9.83 Å². The van der Waals surface area contributed by atoms with E-state index in [1.54, 1.807) is 0 Å². The Morgan fingerprint density at radius 3 is 2.62 bits per heavy atom. The van der Waals surface area contributed by atoms with E-state index in [0.29, 0.717) is 0 Å². The van der Waals surface area contributed by atoms with Gasteiger partial charge in [0.25, 0.3) is 0 Å². The third kappa shape index (κ3) is 6.22. The van der Waals surface area contributed by atoms with Crippen LogP contribution in [0.1, 0.15) is 0 Å². The minimum absolute atomic E-state index is 0.0436. The largest absolute Gasteiger partial charge is 0.393 e. The molecule has 0 spiro atoms. The summed E-state index contributed by atoms with van der Waals surface area (Å²) in [6.07, 6.45) is -1.65. The van der Waals surface area contributed by atoms with Crippen LogP contribution in [-0.4, -0.2) is 40.6 Å². The molecule has 0 aliphatic carbocycles. The molecule has 0 aromatic carbocycles. The SMILES string of the molecule is O=C(CSSS)OC(=O)C(O)CO. The second-order valence-electron chi connectivity index (χ2n) is 1.83. The molecule has 13 heavy (non-hydrogen) atoms. The Morgan fingerprint density at radius 2 is 2.15 bits per heavy atom. The Balaban J connectivity index is 3.71. The third-order valence-corrected chi connectivity index (χ3v) is 2.97. The molecule has 0 fully saturated rings. The monoisotopic (exact) mass is 244 g/mol. The van der Waals surface area contributed by atoms with E-state index in [4.69, 9.17) is 10.2 Å². The first-order valence-corrected chi connectivity index (χ1v) is 6.45. The van der Waals surface area contributed by atoms with Gasteiger partial charge in [-0.1, -0.05) is 22.5 Å². The van der Waals surface area contributed by atoms with Crippen molar-refractivity contribution < 1.29 is 24.5 Å². The van der Waals surface area contributed by atoms with Crippen molar-refractivity contribution in [3.05, 3.63) is 0 Å². The lowest BCUT2D eigenvalue weighted by atomic mass is 10.4. The Kier molecular flexibility index (Phi) is 7.57. The molecule has 2 N–H and O–H groups in total. The van der Waals surface area contributed by atoms with Gasteiger partial charge in [0.2, 0.25) is 0 Å². The summed E-state index contributed by atoms with van der Waals surface area (Å²) in [5, 5.41) is 17.0. The molecule has 5 nitrogen and oxygen atoms in total. The number of esters is 2. The molecule has 0 aromatic heterocycles. The normalized spacial score (nSPS) is 12.2. The Labute approximate surface area is 87.4 Å². The summed E-state index contributed by atoms with van der Waals surface area (Å²) in [5.74, 6) is -1.96. The van der Waals surface area contributed by atoms with Crippen LogP contribution >= 0.6 is 32.3 Å². The standard InChI is InChI=1S/C5H8O5S3/c6-1-3(7)5(9)10-4(8)2-12-13-11/h3,6-7,11H,1-2H2. The first kappa shape index (κ1) is 13.1. The number of carbonyl (C=O) groups excluding carboxylic acids is 2. The summed E-state index contributed by atoms with van der Waals surface area (Å²) in [4.78, 5) is 21.4. The van der Waals surface area contributed by atoms with E-state index in [-0.39, 0.29) is 5.75 Å². The molecule has 0 rings (SSSR count). The van der Waals surface area contributed by atoms with Crippen LogP contribution in [0.3, 0.4) is 0 Å². The zero-order chi connectivity index (χ0) is 10.3. The Hall–Kier alpha value is 0.110. The summed E-state index contributed by atoms with van der Waals surface area (Å²) in [6.45, 7) is -0.763. The van der Waals surface area contributed by atoms with Crippen molar-refractivity contribution in [2.24, 2.45) is 0 Å². The molecule has 0 aliphatic rings. The molecule has 0 heterocycles. The maximum absolute atomic E-state index is 10.7. The first-order chi connectivity index (χ1) is 6.11. The van der Waals surface area contributed by atoms with E-state index in [0.717, 1.165) is 20.6 Å². The molecule has 76 valence electrons. The van der Waals surface area contributed by atoms with Crippen molar-refractivity contribution in [1.29, 1.82) is 0 Å². The van der Waals surface area contributed by atoms with E-state index in [1.165, 1.54) is 0 Å². The lowest BCUT2D eigenvalue weighted by Gasteiger charge is -2.05. The number of hydrogen-bond acceptors (Lipinski definition) is 8. The molecule has 0 radical (unpaired) electrons. The summed E-state index contributed by atoms with van der Waals surface area (Å²) in [7, 11) is 2.15. The van der Waals surface area contributed by atoms with Crippen molar-refractivity contribution >= 4 is 44.2 Å². The van der Waals surface area contributed by atoms with E-state index < -0.39 is 24.6 Å². The molecule has 0 saturated heterocycles. The van der Waals surface area contributed by atoms with E-state index in [2.05, 4.69) is 16.4 Å². The summed E-state index contributed by atoms with van der Waals surface area (Å²) in [5.41, 5.74) is 0. The first-order valence-electron chi connectivity index (χ1n) is 3.08. The van der Waals surface area contributed by atoms with Crippen LogP contribution < -0.4 is 0 Å². The van der Waals surface area contributed by atoms with Crippen molar-refractivity contribution in [2.75, 3.05) is 12.4 Å². The number of hydrogen-bond donors (Lipinski definition) is 3. The van der Waals surface area contributed by atoms with Gasteiger partial charge in [0.1, 0.15) is 5.75 Å². The van der Waals surface area contributed by atoms with Crippen LogP contribution in [0.2, 0.25) is 0 Å². The van der Waals surface area contributed by atoms with Gasteiger partial charge >= 0.3 is 11.9 Å². The molecule has 0 aliphatic heterocycles. The quantitative estimate of drug-likeness (QED) is 0.263. The number of carbonyl (C=O) groups is 2. The maximum Gasteiger partial charge on any atom is 0.345 e. The zero-order valence-electron chi connectivity index (χ0n) is 6.37. The smallest absolute Gasteiger partial charge is 0.345 e. The molecular formula is C5H8O5S3. The minimum Gasteiger partial charge on any atom is -0.393 e. The average Bonchev–Trinajstić information content (AvgIpc) is 2.13. The van der Waals surface area contributed by atoms with Gasteiger partial charge in [-0.15, -0.1) is 0 Å². The number of aliphatic hydroxyl groups excluding tert-OH is 2. The second kappa shape index (κ2) is 7.51. The van der Waals surface area contributed by atoms with Crippen molar-refractivity contribution in [3.8, 4) is 0 Å². The Bertz CT molecular complexity index is 185. The highest BCUT2D eigenvalue weighted by atomic mass is 33.5. The van der Waals surface area contributed by atoms with Crippen LogP contribution in [0.5, 0.6) is 0 Å². The second-order valence-corrected chi connectivity index (χ2v) is 5.00. The summed E-state index contributed by atoms with van der Waals surface area (Å²) in [6, 6.07) is 0. The summed E-state index contributed by atoms with van der Waals surface area (Å²) >= 11 is 3.74. The fourth-order valence-corrected chi connectivity index (χ4v) is 1.49. The van der Waals surface area contributed by atoms with Crippen LogP contribution in [0, 0.1) is 0 Å². The highest BCUT2D eigenvalue weighted by molar-refractivity contribution is 9.05. The van der Waals surface area contributed by atoms with Crippen molar-refractivity contribution in [2.45, 2.75) is 6.10 Å². The molecule has 1 unspecified atom stereocenters. The number of rotatable bonds is 5. The van der Waals surface area contributed by atoms with Gasteiger partial charge < -0.3 is 14.9 Å². The third-order valence-electron chi connectivity index (χ3n) is 0.889. The van der Waals surface area contributed by atoms with Crippen molar-refractivity contribution in [3.63, 3.8) is 0 Å². The molecule has 1 atom stereocenters. The van der Waals surface area contributed by atoms with E-state index >= 15 is 0 Å². The van der Waals surface area contributed by atoms with Gasteiger partial charge in [-0.25, -0.2) is 4.79 Å².